The Labute approximate surface area is 150 Å². The van der Waals surface area contributed by atoms with Crippen molar-refractivity contribution >= 4 is 22.4 Å². The van der Waals surface area contributed by atoms with Crippen LogP contribution in [-0.4, -0.2) is 16.1 Å². The number of aromatic nitrogens is 2. The lowest BCUT2D eigenvalue weighted by atomic mass is 10.2. The largest absolute Gasteiger partial charge is 0.489 e. The lowest BCUT2D eigenvalue weighted by molar-refractivity contribution is 0.102. The number of hydrogen-bond acceptors (Lipinski definition) is 5. The van der Waals surface area contributed by atoms with Gasteiger partial charge in [-0.1, -0.05) is 55.5 Å². The number of carbonyl (C=O) groups is 1. The zero-order chi connectivity index (χ0) is 17.6. The van der Waals surface area contributed by atoms with E-state index in [0.29, 0.717) is 23.2 Å². The highest BCUT2D eigenvalue weighted by Gasteiger charge is 2.12. The molecule has 5 nitrogen and oxygen atoms in total. The summed E-state index contributed by atoms with van der Waals surface area (Å²) in [7, 11) is 0. The smallest absolute Gasteiger partial charge is 0.257 e. The maximum absolute atomic E-state index is 12.3. The summed E-state index contributed by atoms with van der Waals surface area (Å²) in [6.45, 7) is 4.58. The first kappa shape index (κ1) is 17.1. The summed E-state index contributed by atoms with van der Waals surface area (Å²) in [6, 6.07) is 17.0. The summed E-state index contributed by atoms with van der Waals surface area (Å²) in [5.41, 5.74) is 1.65. The molecule has 0 aliphatic heterocycles. The molecule has 0 radical (unpaired) electrons. The van der Waals surface area contributed by atoms with Crippen molar-refractivity contribution in [2.75, 3.05) is 5.32 Å². The van der Waals surface area contributed by atoms with E-state index in [9.17, 15) is 4.79 Å². The first-order valence-electron chi connectivity index (χ1n) is 8.03. The number of amides is 1. The zero-order valence-corrected chi connectivity index (χ0v) is 14.9. The monoisotopic (exact) mass is 353 g/mol. The molecule has 0 saturated carbocycles. The van der Waals surface area contributed by atoms with E-state index in [4.69, 9.17) is 4.74 Å². The van der Waals surface area contributed by atoms with Gasteiger partial charge in [0.05, 0.1) is 0 Å². The Morgan fingerprint density at radius 3 is 2.44 bits per heavy atom. The quantitative estimate of drug-likeness (QED) is 0.709. The lowest BCUT2D eigenvalue weighted by Crippen LogP contribution is -2.11. The Bertz CT molecular complexity index is 829. The molecule has 0 spiro atoms. The molecule has 1 N–H and O–H groups in total. The Morgan fingerprint density at radius 1 is 1.08 bits per heavy atom. The Hall–Kier alpha value is -2.73. The average Bonchev–Trinajstić information content (AvgIpc) is 3.10. The third-order valence-corrected chi connectivity index (χ3v) is 4.66. The van der Waals surface area contributed by atoms with Gasteiger partial charge in [-0.25, -0.2) is 0 Å². The molecule has 1 heterocycles. The number of ether oxygens (including phenoxy) is 1. The predicted molar refractivity (Wildman–Crippen MR) is 99.2 cm³/mol. The number of nitrogens with one attached hydrogen (secondary N) is 1. The van der Waals surface area contributed by atoms with Crippen LogP contribution in [0.15, 0.2) is 54.6 Å². The number of benzene rings is 2. The van der Waals surface area contributed by atoms with E-state index >= 15 is 0 Å². The lowest BCUT2D eigenvalue weighted by Gasteiger charge is -2.07. The normalized spacial score (nSPS) is 10.7. The second kappa shape index (κ2) is 7.90. The Kier molecular flexibility index (Phi) is 5.40. The van der Waals surface area contributed by atoms with Gasteiger partial charge in [0.1, 0.15) is 17.4 Å². The third-order valence-electron chi connectivity index (χ3n) is 3.52. The maximum Gasteiger partial charge on any atom is 0.257 e. The number of carbonyl (C=O) groups excluding carboxylic acids is 1. The molecule has 1 amide bonds. The molecule has 0 bridgehead atoms. The molecular formula is C19H19N3O2S. The van der Waals surface area contributed by atoms with Crippen LogP contribution in [0.3, 0.4) is 0 Å². The van der Waals surface area contributed by atoms with Crippen molar-refractivity contribution < 1.29 is 9.53 Å². The first-order chi connectivity index (χ1) is 12.1. The number of rotatable bonds is 6. The van der Waals surface area contributed by atoms with Crippen molar-refractivity contribution in [3.05, 3.63) is 70.7 Å². The standard InChI is InChI=1S/C19H19N3O2S/c1-13(2)18-21-22-19(25-18)20-17(23)15-8-10-16(11-9-15)24-12-14-6-4-3-5-7-14/h3-11,13H,12H2,1-2H3,(H,20,22,23). The molecule has 3 rings (SSSR count). The van der Waals surface area contributed by atoms with Crippen LogP contribution in [0.4, 0.5) is 5.13 Å². The summed E-state index contributed by atoms with van der Waals surface area (Å²) in [5.74, 6) is 0.809. The molecule has 128 valence electrons. The number of anilines is 1. The van der Waals surface area contributed by atoms with Crippen molar-refractivity contribution in [3.63, 3.8) is 0 Å². The molecule has 3 aromatic rings. The van der Waals surface area contributed by atoms with E-state index in [1.165, 1.54) is 11.3 Å². The number of nitrogens with zero attached hydrogens (tertiary/aromatic N) is 2. The van der Waals surface area contributed by atoms with Crippen molar-refractivity contribution in [2.45, 2.75) is 26.4 Å². The van der Waals surface area contributed by atoms with Crippen LogP contribution in [0.2, 0.25) is 0 Å². The predicted octanol–water partition coefficient (Wildman–Crippen LogP) is 4.49. The van der Waals surface area contributed by atoms with Gasteiger partial charge in [-0.15, -0.1) is 10.2 Å². The van der Waals surface area contributed by atoms with E-state index in [2.05, 4.69) is 15.5 Å². The van der Waals surface area contributed by atoms with Gasteiger partial charge < -0.3 is 4.74 Å². The van der Waals surface area contributed by atoms with Gasteiger partial charge in [-0.2, -0.15) is 0 Å². The first-order valence-corrected chi connectivity index (χ1v) is 8.85. The van der Waals surface area contributed by atoms with Gasteiger partial charge in [0.25, 0.3) is 5.91 Å². The highest BCUT2D eigenvalue weighted by atomic mass is 32.1. The molecule has 6 heteroatoms. The molecular weight excluding hydrogens is 334 g/mol. The molecule has 2 aromatic carbocycles. The third kappa shape index (κ3) is 4.64. The Balaban J connectivity index is 1.58. The summed E-state index contributed by atoms with van der Waals surface area (Å²) in [6.07, 6.45) is 0. The SMILES string of the molecule is CC(C)c1nnc(NC(=O)c2ccc(OCc3ccccc3)cc2)s1. The van der Waals surface area contributed by atoms with Crippen LogP contribution in [0.5, 0.6) is 5.75 Å². The molecule has 0 saturated heterocycles. The summed E-state index contributed by atoms with van der Waals surface area (Å²) < 4.78 is 5.72. The van der Waals surface area contributed by atoms with E-state index in [0.717, 1.165) is 16.3 Å². The molecule has 0 fully saturated rings. The fourth-order valence-electron chi connectivity index (χ4n) is 2.13. The van der Waals surface area contributed by atoms with Crippen LogP contribution in [-0.2, 0) is 6.61 Å². The van der Waals surface area contributed by atoms with E-state index < -0.39 is 0 Å². The molecule has 0 aliphatic rings. The highest BCUT2D eigenvalue weighted by molar-refractivity contribution is 7.15. The van der Waals surface area contributed by atoms with Crippen LogP contribution in [0.1, 0.15) is 40.7 Å². The van der Waals surface area contributed by atoms with Crippen molar-refractivity contribution in [3.8, 4) is 5.75 Å². The Morgan fingerprint density at radius 2 is 1.80 bits per heavy atom. The van der Waals surface area contributed by atoms with Crippen LogP contribution >= 0.6 is 11.3 Å². The fourth-order valence-corrected chi connectivity index (χ4v) is 2.87. The van der Waals surface area contributed by atoms with Crippen molar-refractivity contribution in [2.24, 2.45) is 0 Å². The van der Waals surface area contributed by atoms with E-state index in [-0.39, 0.29) is 5.91 Å². The van der Waals surface area contributed by atoms with Crippen molar-refractivity contribution in [1.29, 1.82) is 0 Å². The minimum Gasteiger partial charge on any atom is -0.489 e. The maximum atomic E-state index is 12.3. The minimum absolute atomic E-state index is 0.207. The summed E-state index contributed by atoms with van der Waals surface area (Å²) in [4.78, 5) is 12.3. The molecule has 0 aliphatic carbocycles. The van der Waals surface area contributed by atoms with Gasteiger partial charge in [-0.3, -0.25) is 10.1 Å². The summed E-state index contributed by atoms with van der Waals surface area (Å²) in [5, 5.41) is 12.2. The van der Waals surface area contributed by atoms with Gasteiger partial charge >= 0.3 is 0 Å². The van der Waals surface area contributed by atoms with E-state index in [1.807, 2.05) is 44.2 Å². The zero-order valence-electron chi connectivity index (χ0n) is 14.1. The fraction of sp³-hybridized carbons (Fsp3) is 0.211. The molecule has 1 aromatic heterocycles. The van der Waals surface area contributed by atoms with E-state index in [1.54, 1.807) is 24.3 Å². The van der Waals surface area contributed by atoms with Crippen LogP contribution < -0.4 is 10.1 Å². The molecule has 0 atom stereocenters. The van der Waals surface area contributed by atoms with Gasteiger partial charge in [0.15, 0.2) is 0 Å². The van der Waals surface area contributed by atoms with Crippen LogP contribution in [0, 0.1) is 0 Å². The van der Waals surface area contributed by atoms with Gasteiger partial charge in [0, 0.05) is 11.5 Å². The van der Waals surface area contributed by atoms with Gasteiger partial charge in [-0.05, 0) is 29.8 Å². The highest BCUT2D eigenvalue weighted by Crippen LogP contribution is 2.23. The number of hydrogen-bond donors (Lipinski definition) is 1. The minimum atomic E-state index is -0.207. The topological polar surface area (TPSA) is 64.1 Å². The van der Waals surface area contributed by atoms with Gasteiger partial charge in [0.2, 0.25) is 5.13 Å². The van der Waals surface area contributed by atoms with Crippen LogP contribution in [0.25, 0.3) is 0 Å². The average molecular weight is 353 g/mol. The molecule has 25 heavy (non-hydrogen) atoms. The second-order valence-corrected chi connectivity index (χ2v) is 6.86. The molecule has 0 unspecified atom stereocenters. The second-order valence-electron chi connectivity index (χ2n) is 5.85. The summed E-state index contributed by atoms with van der Waals surface area (Å²) >= 11 is 1.39. The van der Waals surface area contributed by atoms with Crippen molar-refractivity contribution in [1.82, 2.24) is 10.2 Å².